The number of unbranched alkanes of at least 4 members (excludes halogenated alkanes) is 24. The molecule has 0 spiro atoms. The Bertz CT molecular complexity index is 5440. The molecule has 1 aliphatic rings. The molecule has 129 heavy (non-hydrogen) atoms. The first-order valence-corrected chi connectivity index (χ1v) is 54.5. The highest BCUT2D eigenvalue weighted by atomic mass is 32.2. The number of carbonyl (C=O) groups excluding carboxylic acids is 5. The van der Waals surface area contributed by atoms with E-state index in [1.54, 1.807) is 97.1 Å². The third-order valence-corrected chi connectivity index (χ3v) is 28.1. The summed E-state index contributed by atoms with van der Waals surface area (Å²) in [5.41, 5.74) is -1.78. The number of benzene rings is 5. The second-order valence-corrected chi connectivity index (χ2v) is 43.2. The molecule has 1 heterocycles. The van der Waals surface area contributed by atoms with Gasteiger partial charge in [0, 0.05) is 45.7 Å². The first-order chi connectivity index (χ1) is 68.8. The van der Waals surface area contributed by atoms with Crippen molar-refractivity contribution >= 4 is 79.0 Å². The number of esters is 5. The lowest BCUT2D eigenvalue weighted by Crippen LogP contribution is -2.38. The zero-order chi connectivity index (χ0) is 112. The van der Waals surface area contributed by atoms with Crippen LogP contribution in [0.25, 0.3) is 0 Å². The Hall–Kier alpha value is -6.92. The Morgan fingerprint density at radius 1 is 0.341 bits per heavy atom. The SMILES string of the molecule is CCCCCCCCCS(=O)(=O)Cc1ccccc1C(=O)OC.CCCCCCCCCS(=O)(=O)Cc1ccccc1C(=O)OCCC.CCCCCCCCCS(=O)(=O)Cc1ccccc1C(=O)OCCN1CCOCC1.CCCCCCCCCS(=O)(=O)Cc1ccccc1C(=O)OCC[N+](C)(C)C.[2H]C([2H])([2H])C([2H])([2H])C([2H])([2H])C([2H])([2H])C([2H])([2H])C([2H])([2H])C([2H])([2H])C([2H])([2H])C([2H])([2H])S(=O)(=O)Cc1ccccc1C(=O)OC. The summed E-state index contributed by atoms with van der Waals surface area (Å²) in [6, 6.07) is 31.9. The maximum absolute atomic E-state index is 13.2. The van der Waals surface area contributed by atoms with Gasteiger partial charge in [0.25, 0.3) is 0 Å². The number of morpholine rings is 1. The van der Waals surface area contributed by atoms with Gasteiger partial charge in [-0.25, -0.2) is 66.1 Å². The Morgan fingerprint density at radius 2 is 0.605 bits per heavy atom. The maximum atomic E-state index is 13.2. The molecule has 6 rings (SSSR count). The van der Waals surface area contributed by atoms with Crippen molar-refractivity contribution in [2.45, 2.75) is 301 Å². The molecule has 28 heteroatoms. The second-order valence-electron chi connectivity index (χ2n) is 32.7. The van der Waals surface area contributed by atoms with Crippen LogP contribution in [-0.4, -0.2) is 205 Å². The average Bonchev–Trinajstić information content (AvgIpc) is 0.684. The molecule has 23 nitrogen and oxygen atoms in total. The molecule has 0 unspecified atom stereocenters. The third-order valence-electron chi connectivity index (χ3n) is 20.4. The van der Waals surface area contributed by atoms with Crippen LogP contribution < -0.4 is 0 Å². The zero-order valence-corrected chi connectivity index (χ0v) is 82.4. The van der Waals surface area contributed by atoms with E-state index >= 15 is 0 Å². The molecule has 732 valence electrons. The largest absolute Gasteiger partial charge is 0.465 e. The van der Waals surface area contributed by atoms with Crippen LogP contribution in [0, 0.1) is 0 Å². The van der Waals surface area contributed by atoms with Gasteiger partial charge in [-0.1, -0.05) is 325 Å². The van der Waals surface area contributed by atoms with Crippen LogP contribution in [-0.2, 0) is 106 Å². The molecule has 0 aliphatic carbocycles. The van der Waals surface area contributed by atoms with Gasteiger partial charge in [0.05, 0.1) is 140 Å². The van der Waals surface area contributed by atoms with E-state index in [1.807, 2.05) is 28.1 Å². The molecular formula is C101H163N2O21S5+. The van der Waals surface area contributed by atoms with Crippen LogP contribution in [0.1, 0.15) is 378 Å². The minimum Gasteiger partial charge on any atom is -0.465 e. The van der Waals surface area contributed by atoms with Crippen LogP contribution in [0.2, 0.25) is 0 Å². The van der Waals surface area contributed by atoms with Crippen LogP contribution >= 0.6 is 0 Å². The number of sulfone groups is 5. The van der Waals surface area contributed by atoms with Gasteiger partial charge >= 0.3 is 29.8 Å². The van der Waals surface area contributed by atoms with Gasteiger partial charge in [-0.2, -0.15) is 0 Å². The molecule has 0 saturated carbocycles. The third kappa shape index (κ3) is 58.0. The monoisotopic (exact) mass is 1920 g/mol. The summed E-state index contributed by atoms with van der Waals surface area (Å²) in [6.07, 6.45) is -0.929. The van der Waals surface area contributed by atoms with Crippen molar-refractivity contribution in [3.63, 3.8) is 0 Å². The van der Waals surface area contributed by atoms with Gasteiger partial charge in [0.1, 0.15) is 19.8 Å². The first kappa shape index (κ1) is 88.7. The van der Waals surface area contributed by atoms with E-state index < -0.39 is 153 Å². The van der Waals surface area contributed by atoms with Crippen molar-refractivity contribution in [3.8, 4) is 0 Å². The molecule has 0 radical (unpaired) electrons. The number of carbonyl (C=O) groups is 5. The Balaban J connectivity index is 0.000000635. The highest BCUT2D eigenvalue weighted by molar-refractivity contribution is 7.91. The van der Waals surface area contributed by atoms with Crippen molar-refractivity contribution < 1.29 is 125 Å². The summed E-state index contributed by atoms with van der Waals surface area (Å²) in [5, 5.41) is 0. The van der Waals surface area contributed by atoms with Crippen LogP contribution in [0.4, 0.5) is 0 Å². The van der Waals surface area contributed by atoms with E-state index in [2.05, 4.69) is 37.3 Å². The van der Waals surface area contributed by atoms with E-state index in [0.29, 0.717) is 114 Å². The summed E-state index contributed by atoms with van der Waals surface area (Å²) in [4.78, 5) is 62.9. The summed E-state index contributed by atoms with van der Waals surface area (Å²) in [6.45, 7) is 12.1. The average molecular weight is 1920 g/mol. The number of hydrogen-bond donors (Lipinski definition) is 0. The lowest BCUT2D eigenvalue weighted by atomic mass is 10.1. The molecule has 1 aliphatic heterocycles. The predicted molar refractivity (Wildman–Crippen MR) is 524 cm³/mol. The van der Waals surface area contributed by atoms with Gasteiger partial charge in [0.15, 0.2) is 49.2 Å². The number of ether oxygens (including phenoxy) is 6. The van der Waals surface area contributed by atoms with Gasteiger partial charge < -0.3 is 32.9 Å². The number of methoxy groups -OCH3 is 2. The van der Waals surface area contributed by atoms with E-state index in [0.717, 1.165) is 90.1 Å². The van der Waals surface area contributed by atoms with E-state index in [1.165, 1.54) is 122 Å². The summed E-state index contributed by atoms with van der Waals surface area (Å²) in [7, 11) is -10.2. The fraction of sp³-hybridized carbons (Fsp3) is 0.653. The van der Waals surface area contributed by atoms with Crippen molar-refractivity contribution in [2.75, 3.05) is 123 Å². The molecule has 1 saturated heterocycles. The van der Waals surface area contributed by atoms with Crippen LogP contribution in [0.5, 0.6) is 0 Å². The topological polar surface area (TPSA) is 315 Å². The van der Waals surface area contributed by atoms with Gasteiger partial charge in [-0.05, 0) is 96.6 Å². The number of quaternary nitrogens is 1. The molecule has 1 fully saturated rings. The smallest absolute Gasteiger partial charge is 0.338 e. The minimum atomic E-state index is -5.61. The van der Waals surface area contributed by atoms with E-state index in [-0.39, 0.29) is 52.6 Å². The molecule has 0 N–H and O–H groups in total. The Morgan fingerprint density at radius 3 is 0.899 bits per heavy atom. The van der Waals surface area contributed by atoms with Crippen molar-refractivity contribution in [2.24, 2.45) is 0 Å². The van der Waals surface area contributed by atoms with Gasteiger partial charge in [-0.3, -0.25) is 4.90 Å². The van der Waals surface area contributed by atoms with E-state index in [4.69, 9.17) is 49.7 Å². The molecule has 0 amide bonds. The standard InChI is InChI=1S/C23H37NO5S.C22H38NO4S.C20H32O4S.2C18H28O4S/c1-2-3-4-5-6-7-10-19-30(26,27)20-21-11-8-9-12-22(21)23(25)29-18-15-24-13-16-28-17-14-24;1-5-6-7-8-9-10-13-18-28(25,26)19-20-14-11-12-15-21(20)22(24)27-17-16-23(2,3)4;1-3-5-6-7-8-9-12-16-25(22,23)17-18-13-10-11-14-19(18)20(21)24-15-4-2;2*1-3-4-5-6-7-8-11-14-23(20,21)15-16-12-9-10-13-17(16)18(19)22-2/h8-9,11-12H,2-7,10,13-20H2,1H3;11-12,14-15H,5-10,13,16-19H2,1-4H3;10-11,13-14H,3-9,12,15-17H2,1-2H3;2*9-10,12-13H,3-8,11,14-15H2,1-2H3/q;+1;;;/i;;;1D3,3D2,4D2,5D2,6D2,7D2,8D2,11D2,14D2;. The number of nitrogens with zero attached hydrogens (tertiary/aromatic N) is 2. The molecule has 0 atom stereocenters. The lowest BCUT2D eigenvalue weighted by Gasteiger charge is -2.26. The van der Waals surface area contributed by atoms with E-state index in [9.17, 15) is 66.1 Å². The lowest BCUT2D eigenvalue weighted by molar-refractivity contribution is -0.870. The molecule has 5 aromatic rings. The highest BCUT2D eigenvalue weighted by Gasteiger charge is 2.25. The van der Waals surface area contributed by atoms with Crippen molar-refractivity contribution in [1.29, 1.82) is 0 Å². The number of rotatable bonds is 63. The molecule has 5 aromatic carbocycles. The van der Waals surface area contributed by atoms with Crippen LogP contribution in [0.3, 0.4) is 0 Å². The second kappa shape index (κ2) is 69.9. The fourth-order valence-corrected chi connectivity index (χ4v) is 20.2. The summed E-state index contributed by atoms with van der Waals surface area (Å²) in [5.74, 6) is -4.11. The first-order valence-electron chi connectivity index (χ1n) is 55.1. The fourth-order valence-electron chi connectivity index (χ4n) is 13.2. The summed E-state index contributed by atoms with van der Waals surface area (Å²) >= 11 is 0. The number of hydrogen-bond acceptors (Lipinski definition) is 22. The minimum absolute atomic E-state index is 0.0970. The number of likely N-dealkylation sites (N-methyl/N-ethyl adjacent to an activating group) is 1. The molecular weight excluding hydrogens is 1740 g/mol. The predicted octanol–water partition coefficient (Wildman–Crippen LogP) is 21.3. The highest BCUT2D eigenvalue weighted by Crippen LogP contribution is 2.24. The van der Waals surface area contributed by atoms with Gasteiger partial charge in [0.2, 0.25) is 0 Å². The Labute approximate surface area is 806 Å². The quantitative estimate of drug-likeness (QED) is 0.0151. The molecule has 0 bridgehead atoms. The molecule has 0 aromatic heterocycles. The van der Waals surface area contributed by atoms with Gasteiger partial charge in [-0.15, -0.1) is 0 Å². The van der Waals surface area contributed by atoms with Crippen molar-refractivity contribution in [1.82, 2.24) is 4.90 Å². The normalized spacial score (nSPS) is 15.6. The van der Waals surface area contributed by atoms with Crippen molar-refractivity contribution in [3.05, 3.63) is 177 Å². The van der Waals surface area contributed by atoms with Crippen LogP contribution in [0.15, 0.2) is 121 Å². The maximum Gasteiger partial charge on any atom is 0.338 e. The Kier molecular flexibility index (Phi) is 48.0. The zero-order valence-electron chi connectivity index (χ0n) is 97.3. The summed E-state index contributed by atoms with van der Waals surface area (Å²) < 4.78 is 306.